The van der Waals surface area contributed by atoms with Crippen LogP contribution in [0, 0.1) is 0 Å². The molecule has 0 atom stereocenters. The van der Waals surface area contributed by atoms with Crippen LogP contribution in [0.15, 0.2) is 45.8 Å². The van der Waals surface area contributed by atoms with Crippen LogP contribution in [0.1, 0.15) is 115 Å². The van der Waals surface area contributed by atoms with Gasteiger partial charge in [-0.25, -0.2) is 0 Å². The highest BCUT2D eigenvalue weighted by atomic mass is 79.9. The first kappa shape index (κ1) is 24.9. The van der Waals surface area contributed by atoms with E-state index in [9.17, 15) is 0 Å². The Labute approximate surface area is 205 Å². The molecule has 170 valence electrons. The molecule has 0 fully saturated rings. The van der Waals surface area contributed by atoms with Crippen LogP contribution in [0.5, 0.6) is 0 Å². The van der Waals surface area contributed by atoms with Gasteiger partial charge in [0.25, 0.3) is 0 Å². The number of hydrogen-bond donors (Lipinski definition) is 1. The number of halogens is 1. The molecule has 31 heavy (non-hydrogen) atoms. The van der Waals surface area contributed by atoms with Gasteiger partial charge in [0, 0.05) is 14.8 Å². The Morgan fingerprint density at radius 3 is 1.71 bits per heavy atom. The average Bonchev–Trinajstić information content (AvgIpc) is 3.02. The van der Waals surface area contributed by atoms with Crippen LogP contribution in [0.25, 0.3) is 11.1 Å². The number of hydrogen-bond acceptors (Lipinski definition) is 1. The molecule has 0 unspecified atom stereocenters. The molecule has 0 bridgehead atoms. The molecule has 1 aliphatic carbocycles. The summed E-state index contributed by atoms with van der Waals surface area (Å²) in [6, 6.07) is 13.8. The predicted molar refractivity (Wildman–Crippen MR) is 144 cm³/mol. The molecule has 0 amide bonds. The van der Waals surface area contributed by atoms with Gasteiger partial charge in [0.15, 0.2) is 0 Å². The second-order valence-corrected chi connectivity index (χ2v) is 11.0. The molecule has 0 aliphatic heterocycles. The van der Waals surface area contributed by atoms with Gasteiger partial charge in [0.05, 0.1) is 0 Å². The molecule has 3 rings (SSSR count). The SMILES string of the molecule is CCCCCCCCC1(CCCCCCCC)c2cc(S)ccc2-c2ccc(Br)cc21. The molecule has 0 spiro atoms. The fourth-order valence-electron chi connectivity index (χ4n) is 5.53. The molecule has 0 saturated heterocycles. The zero-order chi connectivity index (χ0) is 22.1. The van der Waals surface area contributed by atoms with Crippen molar-refractivity contribution in [2.45, 2.75) is 114 Å². The van der Waals surface area contributed by atoms with Crippen molar-refractivity contribution in [1.82, 2.24) is 0 Å². The molecule has 0 radical (unpaired) electrons. The molecule has 0 heterocycles. The third-order valence-electron chi connectivity index (χ3n) is 7.22. The molecule has 2 aromatic rings. The van der Waals surface area contributed by atoms with Crippen LogP contribution in [0.3, 0.4) is 0 Å². The van der Waals surface area contributed by atoms with E-state index in [1.807, 2.05) is 0 Å². The number of fused-ring (bicyclic) bond motifs is 3. The number of benzene rings is 2. The Kier molecular flexibility index (Phi) is 10.0. The van der Waals surface area contributed by atoms with E-state index in [0.29, 0.717) is 0 Å². The highest BCUT2D eigenvalue weighted by Crippen LogP contribution is 2.55. The molecule has 2 aromatic carbocycles. The van der Waals surface area contributed by atoms with Gasteiger partial charge in [-0.05, 0) is 59.4 Å². The van der Waals surface area contributed by atoms with Gasteiger partial charge in [0.2, 0.25) is 0 Å². The Morgan fingerprint density at radius 1 is 0.645 bits per heavy atom. The van der Waals surface area contributed by atoms with E-state index in [1.165, 1.54) is 111 Å². The first-order chi connectivity index (χ1) is 15.1. The van der Waals surface area contributed by atoms with Crippen LogP contribution < -0.4 is 0 Å². The summed E-state index contributed by atoms with van der Waals surface area (Å²) >= 11 is 8.53. The number of rotatable bonds is 14. The number of unbranched alkanes of at least 4 members (excludes halogenated alkanes) is 10. The Morgan fingerprint density at radius 2 is 1.13 bits per heavy atom. The van der Waals surface area contributed by atoms with E-state index in [-0.39, 0.29) is 5.41 Å². The smallest absolute Gasteiger partial charge is 0.0216 e. The molecule has 0 saturated carbocycles. The summed E-state index contributed by atoms with van der Waals surface area (Å²) in [5.74, 6) is 0. The van der Waals surface area contributed by atoms with Crippen molar-refractivity contribution >= 4 is 28.6 Å². The molecule has 0 N–H and O–H groups in total. The molecule has 1 aliphatic rings. The lowest BCUT2D eigenvalue weighted by Crippen LogP contribution is -2.25. The highest BCUT2D eigenvalue weighted by molar-refractivity contribution is 9.10. The summed E-state index contributed by atoms with van der Waals surface area (Å²) < 4.78 is 1.21. The van der Waals surface area contributed by atoms with Gasteiger partial charge in [-0.1, -0.05) is 119 Å². The second-order valence-electron chi connectivity index (χ2n) is 9.54. The first-order valence-electron chi connectivity index (χ1n) is 12.8. The zero-order valence-corrected chi connectivity index (χ0v) is 22.2. The van der Waals surface area contributed by atoms with Crippen LogP contribution in [-0.4, -0.2) is 0 Å². The fourth-order valence-corrected chi connectivity index (χ4v) is 6.10. The van der Waals surface area contributed by atoms with Crippen molar-refractivity contribution in [2.24, 2.45) is 0 Å². The Balaban J connectivity index is 1.85. The molecule has 2 heteroatoms. The van der Waals surface area contributed by atoms with Crippen LogP contribution in [0.4, 0.5) is 0 Å². The van der Waals surface area contributed by atoms with E-state index >= 15 is 0 Å². The Hall–Kier alpha value is -0.730. The van der Waals surface area contributed by atoms with Crippen LogP contribution >= 0.6 is 28.6 Å². The maximum Gasteiger partial charge on any atom is 0.0216 e. The van der Waals surface area contributed by atoms with Crippen molar-refractivity contribution in [1.29, 1.82) is 0 Å². The van der Waals surface area contributed by atoms with E-state index < -0.39 is 0 Å². The van der Waals surface area contributed by atoms with Crippen molar-refractivity contribution in [3.05, 3.63) is 52.0 Å². The largest absolute Gasteiger partial charge is 0.143 e. The van der Waals surface area contributed by atoms with Gasteiger partial charge in [0.1, 0.15) is 0 Å². The van der Waals surface area contributed by atoms with Crippen molar-refractivity contribution in [3.8, 4) is 11.1 Å². The van der Waals surface area contributed by atoms with E-state index in [1.54, 1.807) is 5.56 Å². The second kappa shape index (κ2) is 12.5. The summed E-state index contributed by atoms with van der Waals surface area (Å²) in [6.07, 6.45) is 18.8. The minimum Gasteiger partial charge on any atom is -0.143 e. The maximum absolute atomic E-state index is 4.75. The fraction of sp³-hybridized carbons (Fsp3) is 0.586. The van der Waals surface area contributed by atoms with Crippen LogP contribution in [0.2, 0.25) is 0 Å². The summed E-state index contributed by atoms with van der Waals surface area (Å²) in [4.78, 5) is 1.10. The summed E-state index contributed by atoms with van der Waals surface area (Å²) in [5, 5.41) is 0. The predicted octanol–water partition coefficient (Wildman–Crippen LogP) is 10.5. The van der Waals surface area contributed by atoms with Gasteiger partial charge < -0.3 is 0 Å². The normalized spacial score (nSPS) is 13.9. The van der Waals surface area contributed by atoms with Gasteiger partial charge >= 0.3 is 0 Å². The van der Waals surface area contributed by atoms with E-state index in [4.69, 9.17) is 12.6 Å². The monoisotopic (exact) mass is 500 g/mol. The summed E-state index contributed by atoms with van der Waals surface area (Å²) in [5.41, 5.74) is 6.14. The third kappa shape index (κ3) is 6.20. The molecule has 0 nitrogen and oxygen atoms in total. The standard InChI is InChI=1S/C29H41BrS/c1-3-5-7-9-11-13-19-29(20-14-12-10-8-6-4-2)27-21-23(30)15-17-25(27)26-18-16-24(31)22-28(26)29/h15-18,21-22,31H,3-14,19-20H2,1-2H3. The van der Waals surface area contributed by atoms with Gasteiger partial charge in [-0.2, -0.15) is 0 Å². The lowest BCUT2D eigenvalue weighted by molar-refractivity contribution is 0.397. The third-order valence-corrected chi connectivity index (χ3v) is 7.99. The minimum atomic E-state index is 0.155. The average molecular weight is 502 g/mol. The van der Waals surface area contributed by atoms with Gasteiger partial charge in [-0.15, -0.1) is 12.6 Å². The molecule has 0 aromatic heterocycles. The Bertz CT molecular complexity index is 756. The van der Waals surface area contributed by atoms with E-state index in [2.05, 4.69) is 66.2 Å². The minimum absolute atomic E-state index is 0.155. The lowest BCUT2D eigenvalue weighted by atomic mass is 9.70. The summed E-state index contributed by atoms with van der Waals surface area (Å²) in [7, 11) is 0. The van der Waals surface area contributed by atoms with Crippen LogP contribution in [-0.2, 0) is 5.41 Å². The first-order valence-corrected chi connectivity index (χ1v) is 14.0. The maximum atomic E-state index is 4.75. The van der Waals surface area contributed by atoms with Gasteiger partial charge in [-0.3, -0.25) is 0 Å². The zero-order valence-electron chi connectivity index (χ0n) is 19.7. The quantitative estimate of drug-likeness (QED) is 0.193. The van der Waals surface area contributed by atoms with Crippen molar-refractivity contribution in [2.75, 3.05) is 0 Å². The topological polar surface area (TPSA) is 0 Å². The molecular weight excluding hydrogens is 460 g/mol. The molecular formula is C29H41BrS. The highest BCUT2D eigenvalue weighted by Gasteiger charge is 2.42. The van der Waals surface area contributed by atoms with Crippen molar-refractivity contribution in [3.63, 3.8) is 0 Å². The van der Waals surface area contributed by atoms with Crippen molar-refractivity contribution < 1.29 is 0 Å². The summed E-state index contributed by atoms with van der Waals surface area (Å²) in [6.45, 7) is 4.60. The lowest BCUT2D eigenvalue weighted by Gasteiger charge is -2.33. The van der Waals surface area contributed by atoms with E-state index in [0.717, 1.165) is 4.90 Å². The number of thiol groups is 1.